The van der Waals surface area contributed by atoms with Crippen molar-refractivity contribution in [3.05, 3.63) is 24.3 Å². The van der Waals surface area contributed by atoms with Crippen LogP contribution >= 0.6 is 0 Å². The van der Waals surface area contributed by atoms with E-state index < -0.39 is 5.97 Å². The third-order valence-corrected chi connectivity index (χ3v) is 1.91. The maximum absolute atomic E-state index is 11.0. The van der Waals surface area contributed by atoms with Gasteiger partial charge in [0.05, 0.1) is 13.7 Å². The molecule has 0 aromatic heterocycles. The first-order valence-corrected chi connectivity index (χ1v) is 4.95. The predicted molar refractivity (Wildman–Crippen MR) is 61.6 cm³/mol. The summed E-state index contributed by atoms with van der Waals surface area (Å²) in [6.45, 7) is -0.217. The summed E-state index contributed by atoms with van der Waals surface area (Å²) in [4.78, 5) is 21.8. The summed E-state index contributed by atoms with van der Waals surface area (Å²) in [6.07, 6.45) is 0. The second-order valence-electron chi connectivity index (χ2n) is 3.14. The van der Waals surface area contributed by atoms with Gasteiger partial charge in [0.2, 0.25) is 5.91 Å². The minimum absolute atomic E-state index is 0.0689. The van der Waals surface area contributed by atoms with Gasteiger partial charge in [-0.2, -0.15) is 0 Å². The molecule has 3 N–H and O–H groups in total. The molecule has 0 atom stereocenters. The molecule has 0 aliphatic heterocycles. The molecule has 1 aromatic carbocycles. The highest BCUT2D eigenvalue weighted by Crippen LogP contribution is 2.15. The van der Waals surface area contributed by atoms with E-state index in [1.54, 1.807) is 24.3 Å². The quantitative estimate of drug-likeness (QED) is 0.712. The van der Waals surface area contributed by atoms with Crippen LogP contribution in [0.5, 0.6) is 5.75 Å². The number of carbonyl (C=O) groups excluding carboxylic acids is 2. The predicted octanol–water partition coefficient (Wildman–Crippen LogP) is 0.136. The first-order valence-electron chi connectivity index (χ1n) is 4.95. The van der Waals surface area contributed by atoms with E-state index >= 15 is 0 Å². The van der Waals surface area contributed by atoms with Crippen LogP contribution in [-0.2, 0) is 14.3 Å². The summed E-state index contributed by atoms with van der Waals surface area (Å²) in [7, 11) is 1.29. The van der Waals surface area contributed by atoms with Gasteiger partial charge in [0, 0.05) is 5.69 Å². The van der Waals surface area contributed by atoms with Crippen molar-refractivity contribution in [3.8, 4) is 5.75 Å². The Morgan fingerprint density at radius 3 is 2.47 bits per heavy atom. The van der Waals surface area contributed by atoms with Crippen LogP contribution in [0, 0.1) is 0 Å². The number of hydrogen-bond donors (Lipinski definition) is 2. The zero-order valence-corrected chi connectivity index (χ0v) is 9.43. The molecule has 0 bridgehead atoms. The van der Waals surface area contributed by atoms with Crippen LogP contribution in [0.3, 0.4) is 0 Å². The molecule has 1 aromatic rings. The molecule has 0 saturated carbocycles. The molecule has 6 nitrogen and oxygen atoms in total. The van der Waals surface area contributed by atoms with Gasteiger partial charge in [-0.1, -0.05) is 0 Å². The van der Waals surface area contributed by atoms with Crippen LogP contribution in [0.2, 0.25) is 0 Å². The number of hydrogen-bond acceptors (Lipinski definition) is 5. The molecule has 0 aliphatic rings. The molecule has 0 fully saturated rings. The number of benzene rings is 1. The summed E-state index contributed by atoms with van der Waals surface area (Å²) in [6, 6.07) is 6.57. The number of rotatable bonds is 5. The van der Waals surface area contributed by atoms with Crippen LogP contribution in [0.25, 0.3) is 0 Å². The fourth-order valence-corrected chi connectivity index (χ4v) is 1.05. The highest BCUT2D eigenvalue weighted by Gasteiger charge is 2.02. The van der Waals surface area contributed by atoms with E-state index in [1.807, 2.05) is 0 Å². The SMILES string of the molecule is COC(=O)COc1ccc(NC(=O)CN)cc1. The summed E-state index contributed by atoms with van der Waals surface area (Å²) in [5.74, 6) is -0.208. The van der Waals surface area contributed by atoms with E-state index in [0.29, 0.717) is 11.4 Å². The van der Waals surface area contributed by atoms with Crippen molar-refractivity contribution in [2.75, 3.05) is 25.6 Å². The smallest absolute Gasteiger partial charge is 0.343 e. The van der Waals surface area contributed by atoms with Gasteiger partial charge < -0.3 is 20.5 Å². The van der Waals surface area contributed by atoms with Crippen molar-refractivity contribution in [3.63, 3.8) is 0 Å². The highest BCUT2D eigenvalue weighted by atomic mass is 16.6. The molecule has 0 heterocycles. The number of nitrogens with one attached hydrogen (secondary N) is 1. The average Bonchev–Trinajstić information content (AvgIpc) is 2.37. The maximum atomic E-state index is 11.0. The molecular formula is C11H14N2O4. The molecule has 1 amide bonds. The van der Waals surface area contributed by atoms with Crippen molar-refractivity contribution in [1.29, 1.82) is 0 Å². The monoisotopic (exact) mass is 238 g/mol. The topological polar surface area (TPSA) is 90.6 Å². The second-order valence-corrected chi connectivity index (χ2v) is 3.14. The Balaban J connectivity index is 2.50. The molecule has 0 unspecified atom stereocenters. The lowest BCUT2D eigenvalue weighted by atomic mass is 10.3. The van der Waals surface area contributed by atoms with Gasteiger partial charge >= 0.3 is 5.97 Å². The molecule has 1 rings (SSSR count). The molecule has 17 heavy (non-hydrogen) atoms. The Labute approximate surface area is 98.7 Å². The van der Waals surface area contributed by atoms with Crippen LogP contribution < -0.4 is 15.8 Å². The lowest BCUT2D eigenvalue weighted by molar-refractivity contribution is -0.142. The van der Waals surface area contributed by atoms with Gasteiger partial charge in [-0.3, -0.25) is 4.79 Å². The zero-order valence-electron chi connectivity index (χ0n) is 9.43. The van der Waals surface area contributed by atoms with Crippen LogP contribution in [0.4, 0.5) is 5.69 Å². The van der Waals surface area contributed by atoms with Crippen molar-refractivity contribution < 1.29 is 19.1 Å². The standard InChI is InChI=1S/C11H14N2O4/c1-16-11(15)7-17-9-4-2-8(3-5-9)13-10(14)6-12/h2-5H,6-7,12H2,1H3,(H,13,14). The van der Waals surface area contributed by atoms with Gasteiger partial charge in [0.15, 0.2) is 6.61 Å². The average molecular weight is 238 g/mol. The van der Waals surface area contributed by atoms with E-state index in [2.05, 4.69) is 10.1 Å². The van der Waals surface area contributed by atoms with E-state index in [-0.39, 0.29) is 19.1 Å². The lowest BCUT2D eigenvalue weighted by Gasteiger charge is -2.06. The maximum Gasteiger partial charge on any atom is 0.343 e. The number of carbonyl (C=O) groups is 2. The van der Waals surface area contributed by atoms with Gasteiger partial charge in [-0.05, 0) is 24.3 Å². The number of nitrogens with two attached hydrogens (primary N) is 1. The summed E-state index contributed by atoms with van der Waals surface area (Å²) in [5.41, 5.74) is 5.77. The van der Waals surface area contributed by atoms with Crippen molar-refractivity contribution in [2.45, 2.75) is 0 Å². The Hall–Kier alpha value is -2.08. The van der Waals surface area contributed by atoms with Crippen LogP contribution in [0.15, 0.2) is 24.3 Å². The molecule has 0 spiro atoms. The first-order chi connectivity index (χ1) is 8.15. The van der Waals surface area contributed by atoms with E-state index in [4.69, 9.17) is 10.5 Å². The number of esters is 1. The van der Waals surface area contributed by atoms with Gasteiger partial charge in [-0.25, -0.2) is 4.79 Å². The summed E-state index contributed by atoms with van der Waals surface area (Å²) >= 11 is 0. The number of anilines is 1. The lowest BCUT2D eigenvalue weighted by Crippen LogP contribution is -2.21. The minimum Gasteiger partial charge on any atom is -0.482 e. The Morgan fingerprint density at radius 2 is 1.94 bits per heavy atom. The Kier molecular flexibility index (Phi) is 4.96. The fourth-order valence-electron chi connectivity index (χ4n) is 1.05. The number of methoxy groups -OCH3 is 1. The zero-order chi connectivity index (χ0) is 12.7. The first kappa shape index (κ1) is 13.0. The molecule has 6 heteroatoms. The molecule has 0 aliphatic carbocycles. The summed E-state index contributed by atoms with van der Waals surface area (Å²) in [5, 5.41) is 2.58. The number of ether oxygens (including phenoxy) is 2. The van der Waals surface area contributed by atoms with E-state index in [1.165, 1.54) is 7.11 Å². The van der Waals surface area contributed by atoms with Crippen LogP contribution in [0.1, 0.15) is 0 Å². The van der Waals surface area contributed by atoms with E-state index in [0.717, 1.165) is 0 Å². The highest BCUT2D eigenvalue weighted by molar-refractivity contribution is 5.92. The third kappa shape index (κ3) is 4.52. The van der Waals surface area contributed by atoms with Crippen molar-refractivity contribution in [1.82, 2.24) is 0 Å². The normalized spacial score (nSPS) is 9.53. The molecule has 0 saturated heterocycles. The van der Waals surface area contributed by atoms with Gasteiger partial charge in [0.25, 0.3) is 0 Å². The Morgan fingerprint density at radius 1 is 1.29 bits per heavy atom. The van der Waals surface area contributed by atoms with Crippen molar-refractivity contribution in [2.24, 2.45) is 5.73 Å². The molecule has 0 radical (unpaired) electrons. The summed E-state index contributed by atoms with van der Waals surface area (Å²) < 4.78 is 9.56. The van der Waals surface area contributed by atoms with Crippen molar-refractivity contribution >= 4 is 17.6 Å². The molecule has 92 valence electrons. The Bertz CT molecular complexity index is 389. The van der Waals surface area contributed by atoms with Crippen LogP contribution in [-0.4, -0.2) is 32.1 Å². The fraction of sp³-hybridized carbons (Fsp3) is 0.273. The van der Waals surface area contributed by atoms with E-state index in [9.17, 15) is 9.59 Å². The van der Waals surface area contributed by atoms with Gasteiger partial charge in [0.1, 0.15) is 5.75 Å². The van der Waals surface area contributed by atoms with Gasteiger partial charge in [-0.15, -0.1) is 0 Å². The second kappa shape index (κ2) is 6.49. The minimum atomic E-state index is -0.453. The molecular weight excluding hydrogens is 224 g/mol. The largest absolute Gasteiger partial charge is 0.482 e. The third-order valence-electron chi connectivity index (χ3n) is 1.91. The number of amides is 1.